The molecule has 1 aliphatic rings. The number of nitrogens with zero attached hydrogens (tertiary/aromatic N) is 3. The molecular formula is C16H25N4O3P. The number of anilines is 1. The standard InChI is InChI=1S/C16H25N4O3P/c1-16(22)13(21)11(6-8-24(2,3)4)23-15(16)20-9-19-12-10(17)5-7-18-14(12)20/h5,7,9,11,13,15,21-22H,2,6,8H2,1,3-4H3,(H2,17,18)/t11?,13-,15-,16-/m1/s1. The number of pyridine rings is 1. The summed E-state index contributed by atoms with van der Waals surface area (Å²) in [7, 11) is 0. The first-order chi connectivity index (χ1) is 11.1. The van der Waals surface area contributed by atoms with Crippen LogP contribution in [0.25, 0.3) is 11.2 Å². The Labute approximate surface area is 141 Å². The van der Waals surface area contributed by atoms with E-state index in [4.69, 9.17) is 10.5 Å². The summed E-state index contributed by atoms with van der Waals surface area (Å²) in [4.78, 5) is 8.55. The van der Waals surface area contributed by atoms with Crippen molar-refractivity contribution in [2.45, 2.75) is 37.4 Å². The van der Waals surface area contributed by atoms with Crippen molar-refractivity contribution in [3.63, 3.8) is 0 Å². The number of ether oxygens (including phenoxy) is 1. The Kier molecular flexibility index (Phi) is 4.24. The quantitative estimate of drug-likeness (QED) is 0.712. The van der Waals surface area contributed by atoms with Crippen molar-refractivity contribution >= 4 is 30.0 Å². The zero-order chi connectivity index (χ0) is 17.7. The summed E-state index contributed by atoms with van der Waals surface area (Å²) in [5.74, 6) is 0. The van der Waals surface area contributed by atoms with E-state index >= 15 is 0 Å². The van der Waals surface area contributed by atoms with E-state index in [1.807, 2.05) is 0 Å². The van der Waals surface area contributed by atoms with E-state index in [9.17, 15) is 10.2 Å². The predicted molar refractivity (Wildman–Crippen MR) is 97.9 cm³/mol. The van der Waals surface area contributed by atoms with Gasteiger partial charge in [-0.1, -0.05) is 0 Å². The van der Waals surface area contributed by atoms with Crippen molar-refractivity contribution in [3.05, 3.63) is 18.6 Å². The van der Waals surface area contributed by atoms with Crippen LogP contribution in [-0.4, -0.2) is 68.3 Å². The molecule has 0 aliphatic carbocycles. The normalized spacial score (nSPS) is 31.0. The minimum atomic E-state index is -1.45. The fraction of sp³-hybridized carbons (Fsp3) is 0.562. The first-order valence-corrected chi connectivity index (χ1v) is 11.0. The maximum absolute atomic E-state index is 10.8. The molecular weight excluding hydrogens is 327 g/mol. The van der Waals surface area contributed by atoms with Crippen LogP contribution in [0.2, 0.25) is 0 Å². The lowest BCUT2D eigenvalue weighted by Crippen LogP contribution is -2.43. The van der Waals surface area contributed by atoms with Gasteiger partial charge in [0.1, 0.15) is 17.2 Å². The number of rotatable bonds is 4. The van der Waals surface area contributed by atoms with E-state index in [0.717, 1.165) is 6.16 Å². The first-order valence-electron chi connectivity index (χ1n) is 7.91. The monoisotopic (exact) mass is 352 g/mol. The highest BCUT2D eigenvalue weighted by Crippen LogP contribution is 2.43. The molecule has 0 radical (unpaired) electrons. The van der Waals surface area contributed by atoms with Crippen LogP contribution in [0.1, 0.15) is 19.6 Å². The number of nitrogens with two attached hydrogens (primary N) is 1. The number of aromatic nitrogens is 3. The van der Waals surface area contributed by atoms with Crippen LogP contribution in [0.4, 0.5) is 5.69 Å². The molecule has 132 valence electrons. The van der Waals surface area contributed by atoms with Gasteiger partial charge in [-0.2, -0.15) is 0 Å². The van der Waals surface area contributed by atoms with Gasteiger partial charge in [0.2, 0.25) is 0 Å². The molecule has 4 N–H and O–H groups in total. The summed E-state index contributed by atoms with van der Waals surface area (Å²) in [5.41, 5.74) is 6.06. The van der Waals surface area contributed by atoms with Crippen LogP contribution in [-0.2, 0) is 4.74 Å². The van der Waals surface area contributed by atoms with E-state index in [-0.39, 0.29) is 0 Å². The molecule has 0 spiro atoms. The highest BCUT2D eigenvalue weighted by atomic mass is 31.2. The van der Waals surface area contributed by atoms with Crippen molar-refractivity contribution in [1.82, 2.24) is 14.5 Å². The Bertz CT molecular complexity index is 798. The van der Waals surface area contributed by atoms with Crippen LogP contribution in [0, 0.1) is 0 Å². The number of aliphatic hydroxyl groups excluding tert-OH is 1. The molecule has 0 bridgehead atoms. The van der Waals surface area contributed by atoms with Crippen molar-refractivity contribution in [3.8, 4) is 0 Å². The largest absolute Gasteiger partial charge is 0.397 e. The van der Waals surface area contributed by atoms with E-state index in [2.05, 4.69) is 29.6 Å². The van der Waals surface area contributed by atoms with Gasteiger partial charge in [0, 0.05) is 6.20 Å². The molecule has 3 rings (SSSR count). The maximum atomic E-state index is 10.8. The third-order valence-corrected chi connectivity index (χ3v) is 5.99. The summed E-state index contributed by atoms with van der Waals surface area (Å²) in [6.07, 6.45) is 6.63. The van der Waals surface area contributed by atoms with Crippen LogP contribution in [0.3, 0.4) is 0 Å². The molecule has 0 saturated carbocycles. The summed E-state index contributed by atoms with van der Waals surface area (Å²) >= 11 is 0. The van der Waals surface area contributed by atoms with Gasteiger partial charge in [-0.15, -0.1) is 13.2 Å². The fourth-order valence-corrected chi connectivity index (χ4v) is 4.03. The van der Waals surface area contributed by atoms with Gasteiger partial charge in [0.25, 0.3) is 0 Å². The number of imidazole rings is 1. The van der Waals surface area contributed by atoms with Gasteiger partial charge in [0.15, 0.2) is 11.9 Å². The number of hydrogen-bond acceptors (Lipinski definition) is 6. The maximum Gasteiger partial charge on any atom is 0.168 e. The second kappa shape index (κ2) is 5.85. The molecule has 2 aromatic rings. The van der Waals surface area contributed by atoms with E-state index in [0.29, 0.717) is 23.3 Å². The van der Waals surface area contributed by atoms with Gasteiger partial charge < -0.3 is 20.7 Å². The lowest BCUT2D eigenvalue weighted by Gasteiger charge is -2.27. The Hall–Kier alpha value is -1.40. The van der Waals surface area contributed by atoms with Crippen LogP contribution < -0.4 is 5.73 Å². The third-order valence-electron chi connectivity index (χ3n) is 4.52. The van der Waals surface area contributed by atoms with Crippen molar-refractivity contribution < 1.29 is 14.9 Å². The summed E-state index contributed by atoms with van der Waals surface area (Å²) < 4.78 is 7.65. The molecule has 0 amide bonds. The zero-order valence-electron chi connectivity index (χ0n) is 14.3. The van der Waals surface area contributed by atoms with E-state index in [1.165, 1.54) is 0 Å². The molecule has 4 atom stereocenters. The molecule has 7 nitrogen and oxygen atoms in total. The number of fused-ring (bicyclic) bond motifs is 1. The van der Waals surface area contributed by atoms with Crippen molar-refractivity contribution in [2.24, 2.45) is 0 Å². The van der Waals surface area contributed by atoms with Gasteiger partial charge in [-0.3, -0.25) is 4.57 Å². The lowest BCUT2D eigenvalue weighted by molar-refractivity contribution is -0.0939. The zero-order valence-corrected chi connectivity index (χ0v) is 15.1. The van der Waals surface area contributed by atoms with Crippen LogP contribution >= 0.6 is 6.89 Å². The second-order valence-corrected chi connectivity index (χ2v) is 11.7. The average Bonchev–Trinajstić information content (AvgIpc) is 2.99. The van der Waals surface area contributed by atoms with Crippen molar-refractivity contribution in [1.29, 1.82) is 0 Å². The highest BCUT2D eigenvalue weighted by molar-refractivity contribution is 7.72. The third kappa shape index (κ3) is 2.97. The Balaban J connectivity index is 1.92. The molecule has 24 heavy (non-hydrogen) atoms. The molecule has 0 aromatic carbocycles. The van der Waals surface area contributed by atoms with E-state index in [1.54, 1.807) is 30.1 Å². The molecule has 2 aromatic heterocycles. The minimum absolute atomic E-state index is 0.454. The number of hydrogen-bond donors (Lipinski definition) is 3. The molecule has 1 saturated heterocycles. The van der Waals surface area contributed by atoms with E-state index < -0.39 is 30.9 Å². The van der Waals surface area contributed by atoms with Crippen LogP contribution in [0.5, 0.6) is 0 Å². The molecule has 1 fully saturated rings. The van der Waals surface area contributed by atoms with Crippen LogP contribution in [0.15, 0.2) is 18.6 Å². The lowest BCUT2D eigenvalue weighted by atomic mass is 9.95. The topological polar surface area (TPSA) is 106 Å². The average molecular weight is 352 g/mol. The molecule has 1 unspecified atom stereocenters. The molecule has 8 heteroatoms. The Morgan fingerprint density at radius 1 is 1.46 bits per heavy atom. The fourth-order valence-electron chi connectivity index (χ4n) is 3.07. The molecule has 1 aliphatic heterocycles. The van der Waals surface area contributed by atoms with Gasteiger partial charge >= 0.3 is 0 Å². The van der Waals surface area contributed by atoms with Gasteiger partial charge in [-0.25, -0.2) is 9.97 Å². The number of nitrogen functional groups attached to an aromatic ring is 1. The summed E-state index contributed by atoms with van der Waals surface area (Å²) in [5, 5.41) is 21.4. The predicted octanol–water partition coefficient (Wildman–Crippen LogP) is 1.12. The second-order valence-electron chi connectivity index (χ2n) is 7.37. The summed E-state index contributed by atoms with van der Waals surface area (Å²) in [6.45, 7) is 4.62. The highest BCUT2D eigenvalue weighted by Gasteiger charge is 2.53. The SMILES string of the molecule is C=P(C)(C)CCC1O[C@@H](n2cnc3c(N)ccnc32)[C@](C)(O)[C@@H]1O. The Morgan fingerprint density at radius 3 is 2.83 bits per heavy atom. The summed E-state index contributed by atoms with van der Waals surface area (Å²) in [6, 6.07) is 1.67. The minimum Gasteiger partial charge on any atom is -0.397 e. The van der Waals surface area contributed by atoms with Gasteiger partial charge in [0.05, 0.1) is 18.1 Å². The first kappa shape index (κ1) is 17.4. The van der Waals surface area contributed by atoms with Crippen molar-refractivity contribution in [2.75, 3.05) is 25.2 Å². The number of aliphatic hydroxyl groups is 2. The van der Waals surface area contributed by atoms with Gasteiger partial charge in [-0.05, 0) is 38.9 Å². The smallest absolute Gasteiger partial charge is 0.168 e. The molecule has 3 heterocycles. The Morgan fingerprint density at radius 2 is 2.17 bits per heavy atom.